The molecule has 0 aromatic heterocycles. The fourth-order valence-electron chi connectivity index (χ4n) is 2.67. The first-order chi connectivity index (χ1) is 12.0. The average molecular weight is 361 g/mol. The van der Waals surface area contributed by atoms with Crippen molar-refractivity contribution in [3.05, 3.63) is 70.7 Å². The molecule has 0 spiro atoms. The van der Waals surface area contributed by atoms with Gasteiger partial charge in [-0.25, -0.2) is 0 Å². The lowest BCUT2D eigenvalue weighted by Gasteiger charge is -2.24. The SMILES string of the molecule is CO[C@@H](C(=O)NC(CCN(C)C)c1ccc(Cl)cc1)c1ccccc1. The van der Waals surface area contributed by atoms with Crippen molar-refractivity contribution in [2.45, 2.75) is 18.6 Å². The quantitative estimate of drug-likeness (QED) is 0.777. The van der Waals surface area contributed by atoms with Crippen LogP contribution in [0.15, 0.2) is 54.6 Å². The number of amides is 1. The Morgan fingerprint density at radius 2 is 1.72 bits per heavy atom. The first-order valence-electron chi connectivity index (χ1n) is 8.29. The van der Waals surface area contributed by atoms with Crippen molar-refractivity contribution >= 4 is 17.5 Å². The molecule has 0 aliphatic rings. The van der Waals surface area contributed by atoms with Gasteiger partial charge < -0.3 is 15.0 Å². The van der Waals surface area contributed by atoms with Crippen molar-refractivity contribution in [1.82, 2.24) is 10.2 Å². The van der Waals surface area contributed by atoms with E-state index in [1.807, 2.05) is 68.7 Å². The van der Waals surface area contributed by atoms with E-state index in [-0.39, 0.29) is 11.9 Å². The Morgan fingerprint density at radius 1 is 1.08 bits per heavy atom. The van der Waals surface area contributed by atoms with E-state index in [9.17, 15) is 4.79 Å². The molecule has 0 fully saturated rings. The number of nitrogens with one attached hydrogen (secondary N) is 1. The van der Waals surface area contributed by atoms with Crippen LogP contribution in [0.5, 0.6) is 0 Å². The van der Waals surface area contributed by atoms with E-state index in [1.54, 1.807) is 7.11 Å². The number of hydrogen-bond donors (Lipinski definition) is 1. The summed E-state index contributed by atoms with van der Waals surface area (Å²) in [7, 11) is 5.58. The Labute approximate surface area is 154 Å². The number of carbonyl (C=O) groups excluding carboxylic acids is 1. The molecule has 1 amide bonds. The van der Waals surface area contributed by atoms with Gasteiger partial charge in [0, 0.05) is 12.1 Å². The minimum Gasteiger partial charge on any atom is -0.367 e. The molecule has 0 radical (unpaired) electrons. The van der Waals surface area contributed by atoms with Crippen LogP contribution >= 0.6 is 11.6 Å². The van der Waals surface area contributed by atoms with Gasteiger partial charge in [0.25, 0.3) is 5.91 Å². The maximum absolute atomic E-state index is 12.8. The predicted octanol–water partition coefficient (Wildman–Crippen LogP) is 3.84. The molecule has 1 N–H and O–H groups in total. The van der Waals surface area contributed by atoms with Crippen molar-refractivity contribution in [3.63, 3.8) is 0 Å². The van der Waals surface area contributed by atoms with Gasteiger partial charge in [0.05, 0.1) is 6.04 Å². The standard InChI is InChI=1S/C20H25ClN2O2/c1-23(2)14-13-18(15-9-11-17(21)12-10-15)22-20(24)19(25-3)16-7-5-4-6-8-16/h4-12,18-19H,13-14H2,1-3H3,(H,22,24)/t18?,19-/m1/s1. The highest BCUT2D eigenvalue weighted by atomic mass is 35.5. The number of methoxy groups -OCH3 is 1. The number of hydrogen-bond acceptors (Lipinski definition) is 3. The molecule has 134 valence electrons. The van der Waals surface area contributed by atoms with Gasteiger partial charge in [-0.2, -0.15) is 0 Å². The number of carbonyl (C=O) groups is 1. The van der Waals surface area contributed by atoms with E-state index in [4.69, 9.17) is 16.3 Å². The first-order valence-corrected chi connectivity index (χ1v) is 8.67. The van der Waals surface area contributed by atoms with Crippen molar-refractivity contribution in [2.24, 2.45) is 0 Å². The summed E-state index contributed by atoms with van der Waals surface area (Å²) in [6.07, 6.45) is 0.168. The molecule has 0 saturated carbocycles. The summed E-state index contributed by atoms with van der Waals surface area (Å²) in [5, 5.41) is 3.80. The zero-order chi connectivity index (χ0) is 18.2. The highest BCUT2D eigenvalue weighted by Crippen LogP contribution is 2.23. The van der Waals surface area contributed by atoms with E-state index in [0.29, 0.717) is 5.02 Å². The highest BCUT2D eigenvalue weighted by molar-refractivity contribution is 6.30. The minimum absolute atomic E-state index is 0.103. The number of rotatable bonds is 8. The van der Waals surface area contributed by atoms with Gasteiger partial charge in [-0.1, -0.05) is 54.1 Å². The molecule has 0 heterocycles. The van der Waals surface area contributed by atoms with Crippen molar-refractivity contribution in [1.29, 1.82) is 0 Å². The van der Waals surface area contributed by atoms with Crippen LogP contribution in [0.25, 0.3) is 0 Å². The second-order valence-electron chi connectivity index (χ2n) is 6.23. The van der Waals surface area contributed by atoms with Crippen molar-refractivity contribution < 1.29 is 9.53 Å². The van der Waals surface area contributed by atoms with E-state index < -0.39 is 6.10 Å². The molecule has 2 aromatic rings. The smallest absolute Gasteiger partial charge is 0.254 e. The largest absolute Gasteiger partial charge is 0.367 e. The van der Waals surface area contributed by atoms with Gasteiger partial charge in [-0.05, 0) is 50.3 Å². The summed E-state index contributed by atoms with van der Waals surface area (Å²) in [6.45, 7) is 0.858. The molecular weight excluding hydrogens is 336 g/mol. The van der Waals surface area contributed by atoms with Crippen LogP contribution in [0.4, 0.5) is 0 Å². The number of halogens is 1. The second kappa shape index (κ2) is 9.56. The number of benzene rings is 2. The number of ether oxygens (including phenoxy) is 1. The third kappa shape index (κ3) is 5.85. The predicted molar refractivity (Wildman–Crippen MR) is 102 cm³/mol. The van der Waals surface area contributed by atoms with Crippen LogP contribution in [-0.2, 0) is 9.53 Å². The third-order valence-corrected chi connectivity index (χ3v) is 4.28. The lowest BCUT2D eigenvalue weighted by molar-refractivity contribution is -0.132. The lowest BCUT2D eigenvalue weighted by atomic mass is 10.0. The van der Waals surface area contributed by atoms with Gasteiger partial charge in [0.2, 0.25) is 0 Å². The molecule has 2 rings (SSSR count). The fourth-order valence-corrected chi connectivity index (χ4v) is 2.80. The van der Waals surface area contributed by atoms with Crippen LogP contribution in [0, 0.1) is 0 Å². The molecule has 4 nitrogen and oxygen atoms in total. The Kier molecular flexibility index (Phi) is 7.44. The third-order valence-electron chi connectivity index (χ3n) is 4.03. The summed E-state index contributed by atoms with van der Waals surface area (Å²) in [5.41, 5.74) is 1.87. The van der Waals surface area contributed by atoms with Gasteiger partial charge >= 0.3 is 0 Å². The van der Waals surface area contributed by atoms with Gasteiger partial charge in [-0.3, -0.25) is 4.79 Å². The van der Waals surface area contributed by atoms with Gasteiger partial charge in [0.1, 0.15) is 0 Å². The van der Waals surface area contributed by atoms with Crippen LogP contribution in [-0.4, -0.2) is 38.6 Å². The molecular formula is C20H25ClN2O2. The maximum atomic E-state index is 12.8. The molecule has 1 unspecified atom stereocenters. The van der Waals surface area contributed by atoms with E-state index >= 15 is 0 Å². The van der Waals surface area contributed by atoms with Crippen molar-refractivity contribution in [2.75, 3.05) is 27.7 Å². The average Bonchev–Trinajstić information content (AvgIpc) is 2.61. The van der Waals surface area contributed by atoms with Crippen LogP contribution in [0.1, 0.15) is 29.7 Å². The van der Waals surface area contributed by atoms with Crippen LogP contribution in [0.2, 0.25) is 5.02 Å². The lowest BCUT2D eigenvalue weighted by Crippen LogP contribution is -2.35. The van der Waals surface area contributed by atoms with Crippen molar-refractivity contribution in [3.8, 4) is 0 Å². The highest BCUT2D eigenvalue weighted by Gasteiger charge is 2.23. The van der Waals surface area contributed by atoms with E-state index in [0.717, 1.165) is 24.1 Å². The maximum Gasteiger partial charge on any atom is 0.254 e. The first kappa shape index (κ1) is 19.4. The van der Waals surface area contributed by atoms with E-state index in [1.165, 1.54) is 0 Å². The zero-order valence-electron chi connectivity index (χ0n) is 14.9. The topological polar surface area (TPSA) is 41.6 Å². The van der Waals surface area contributed by atoms with E-state index in [2.05, 4.69) is 10.2 Å². The molecule has 0 aliphatic carbocycles. The molecule has 0 bridgehead atoms. The summed E-state index contributed by atoms with van der Waals surface area (Å²) in [4.78, 5) is 14.9. The van der Waals surface area contributed by atoms with Crippen LogP contribution < -0.4 is 5.32 Å². The summed E-state index contributed by atoms with van der Waals surface area (Å²) in [6, 6.07) is 17.0. The molecule has 2 aromatic carbocycles. The number of nitrogens with zero attached hydrogens (tertiary/aromatic N) is 1. The summed E-state index contributed by atoms with van der Waals surface area (Å²) >= 11 is 5.99. The molecule has 5 heteroatoms. The molecule has 2 atom stereocenters. The Morgan fingerprint density at radius 3 is 2.28 bits per heavy atom. The molecule has 0 aliphatic heterocycles. The van der Waals surface area contributed by atoms with Crippen LogP contribution in [0.3, 0.4) is 0 Å². The summed E-state index contributed by atoms with van der Waals surface area (Å²) < 4.78 is 5.44. The molecule has 0 saturated heterocycles. The Bertz CT molecular complexity index is 659. The monoisotopic (exact) mass is 360 g/mol. The zero-order valence-corrected chi connectivity index (χ0v) is 15.7. The Balaban J connectivity index is 2.16. The normalized spacial score (nSPS) is 13.5. The molecule has 25 heavy (non-hydrogen) atoms. The minimum atomic E-state index is -0.629. The van der Waals surface area contributed by atoms with Gasteiger partial charge in [0.15, 0.2) is 6.10 Å². The Hall–Kier alpha value is -1.88. The fraction of sp³-hybridized carbons (Fsp3) is 0.350. The second-order valence-corrected chi connectivity index (χ2v) is 6.67. The van der Waals surface area contributed by atoms with Gasteiger partial charge in [-0.15, -0.1) is 0 Å². The summed E-state index contributed by atoms with van der Waals surface area (Å²) in [5.74, 6) is -0.146.